The fourth-order valence-corrected chi connectivity index (χ4v) is 4.66. The predicted octanol–water partition coefficient (Wildman–Crippen LogP) is 1.36. The lowest BCUT2D eigenvalue weighted by molar-refractivity contribution is 0.306. The van der Waals surface area contributed by atoms with Crippen LogP contribution in [0.2, 0.25) is 0 Å². The van der Waals surface area contributed by atoms with E-state index in [0.717, 1.165) is 36.8 Å². The van der Waals surface area contributed by atoms with Crippen LogP contribution in [-0.2, 0) is 16.4 Å². The van der Waals surface area contributed by atoms with Gasteiger partial charge in [0.2, 0.25) is 10.0 Å². The smallest absolute Gasteiger partial charge is 0.213 e. The topological polar surface area (TPSA) is 86.7 Å². The molecule has 2 rings (SSSR count). The Morgan fingerprint density at radius 2 is 2.12 bits per heavy atom. The molecule has 7 nitrogen and oxygen atoms in total. The minimum Gasteiger partial charge on any atom is -0.357 e. The van der Waals surface area contributed by atoms with E-state index in [-0.39, 0.29) is 11.8 Å². The molecule has 0 bridgehead atoms. The first kappa shape index (κ1) is 20.1. The summed E-state index contributed by atoms with van der Waals surface area (Å²) in [5.41, 5.74) is 0. The second-order valence-electron chi connectivity index (χ2n) is 6.09. The molecular formula is C16H29N5O2S2. The van der Waals surface area contributed by atoms with Crippen molar-refractivity contribution in [3.8, 4) is 0 Å². The van der Waals surface area contributed by atoms with E-state index < -0.39 is 10.0 Å². The van der Waals surface area contributed by atoms with Gasteiger partial charge in [0.05, 0.1) is 10.8 Å². The molecule has 1 saturated heterocycles. The van der Waals surface area contributed by atoms with E-state index >= 15 is 0 Å². The maximum atomic E-state index is 11.9. The highest BCUT2D eigenvalue weighted by Crippen LogP contribution is 2.14. The zero-order valence-electron chi connectivity index (χ0n) is 15.3. The Kier molecular flexibility index (Phi) is 7.64. The number of nitrogens with one attached hydrogen (secondary N) is 2. The number of hydrogen-bond donors (Lipinski definition) is 2. The highest BCUT2D eigenvalue weighted by Gasteiger charge is 2.26. The highest BCUT2D eigenvalue weighted by atomic mass is 32.2. The molecular weight excluding hydrogens is 358 g/mol. The summed E-state index contributed by atoms with van der Waals surface area (Å²) in [6.45, 7) is 8.42. The Hall–Kier alpha value is -1.19. The van der Waals surface area contributed by atoms with Gasteiger partial charge in [0, 0.05) is 49.7 Å². The van der Waals surface area contributed by atoms with Crippen LogP contribution in [0.15, 0.2) is 11.2 Å². The molecule has 1 fully saturated rings. The number of aryl methyl sites for hydroxylation is 1. The first-order valence-corrected chi connectivity index (χ1v) is 11.3. The molecule has 0 aliphatic carbocycles. The van der Waals surface area contributed by atoms with Crippen molar-refractivity contribution in [3.05, 3.63) is 16.1 Å². The lowest BCUT2D eigenvalue weighted by atomic mass is 10.1. The average molecular weight is 388 g/mol. The third-order valence-electron chi connectivity index (χ3n) is 4.16. The number of hydrogen-bond acceptors (Lipinski definition) is 5. The normalized spacial score (nSPS) is 17.6. The van der Waals surface area contributed by atoms with Gasteiger partial charge in [-0.1, -0.05) is 0 Å². The summed E-state index contributed by atoms with van der Waals surface area (Å²) >= 11 is 1.71. The molecule has 0 aromatic carbocycles. The van der Waals surface area contributed by atoms with Gasteiger partial charge in [0.25, 0.3) is 0 Å². The van der Waals surface area contributed by atoms with E-state index in [1.165, 1.54) is 4.88 Å². The van der Waals surface area contributed by atoms with Gasteiger partial charge in [0.15, 0.2) is 5.96 Å². The Morgan fingerprint density at radius 3 is 2.68 bits per heavy atom. The summed E-state index contributed by atoms with van der Waals surface area (Å²) < 4.78 is 25.5. The summed E-state index contributed by atoms with van der Waals surface area (Å²) in [6, 6.07) is 0.253. The van der Waals surface area contributed by atoms with E-state index in [0.29, 0.717) is 19.6 Å². The lowest BCUT2D eigenvalue weighted by Gasteiger charge is -2.32. The van der Waals surface area contributed by atoms with Crippen LogP contribution < -0.4 is 10.6 Å². The zero-order valence-corrected chi connectivity index (χ0v) is 16.9. The molecule has 1 aromatic rings. The molecule has 0 atom stereocenters. The van der Waals surface area contributed by atoms with Crippen molar-refractivity contribution in [1.29, 1.82) is 0 Å². The standard InChI is InChI=1S/C16H29N5O2S2/c1-4-17-16(18-9-6-15-19-12-13(3)24-15)20-14-7-10-21(11-8-14)25(22,23)5-2/h12,14H,4-11H2,1-3H3,(H2,17,18,20). The van der Waals surface area contributed by atoms with E-state index in [1.807, 2.05) is 13.1 Å². The first-order valence-electron chi connectivity index (χ1n) is 8.88. The molecule has 0 amide bonds. The van der Waals surface area contributed by atoms with Gasteiger partial charge in [-0.2, -0.15) is 0 Å². The van der Waals surface area contributed by atoms with E-state index in [9.17, 15) is 8.42 Å². The second kappa shape index (κ2) is 9.49. The minimum absolute atomic E-state index is 0.172. The van der Waals surface area contributed by atoms with Crippen molar-refractivity contribution < 1.29 is 8.42 Å². The Labute approximate surface area is 155 Å². The summed E-state index contributed by atoms with van der Waals surface area (Å²) in [6.07, 6.45) is 4.33. The van der Waals surface area contributed by atoms with E-state index in [4.69, 9.17) is 0 Å². The van der Waals surface area contributed by atoms with Crippen LogP contribution in [0.5, 0.6) is 0 Å². The average Bonchev–Trinajstić information content (AvgIpc) is 3.01. The van der Waals surface area contributed by atoms with Crippen molar-refractivity contribution in [1.82, 2.24) is 19.9 Å². The molecule has 0 radical (unpaired) electrons. The summed E-state index contributed by atoms with van der Waals surface area (Å²) in [5.74, 6) is 0.971. The summed E-state index contributed by atoms with van der Waals surface area (Å²) in [4.78, 5) is 10.2. The lowest BCUT2D eigenvalue weighted by Crippen LogP contribution is -2.50. The molecule has 1 aromatic heterocycles. The van der Waals surface area contributed by atoms with Gasteiger partial charge in [-0.05, 0) is 33.6 Å². The fraction of sp³-hybridized carbons (Fsp3) is 0.750. The number of piperidine rings is 1. The Balaban J connectivity index is 1.83. The van der Waals surface area contributed by atoms with Gasteiger partial charge in [0.1, 0.15) is 0 Å². The third-order valence-corrected chi connectivity index (χ3v) is 7.02. The molecule has 0 saturated carbocycles. The molecule has 9 heteroatoms. The van der Waals surface area contributed by atoms with Crippen LogP contribution in [0.3, 0.4) is 0 Å². The van der Waals surface area contributed by atoms with Crippen molar-refractivity contribution in [3.63, 3.8) is 0 Å². The van der Waals surface area contributed by atoms with Crippen LogP contribution in [0, 0.1) is 6.92 Å². The van der Waals surface area contributed by atoms with Crippen molar-refractivity contribution in [2.75, 3.05) is 31.9 Å². The van der Waals surface area contributed by atoms with Crippen molar-refractivity contribution >= 4 is 27.3 Å². The van der Waals surface area contributed by atoms with E-state index in [1.54, 1.807) is 22.6 Å². The number of rotatable bonds is 7. The van der Waals surface area contributed by atoms with Crippen LogP contribution in [0.4, 0.5) is 0 Å². The molecule has 142 valence electrons. The molecule has 2 N–H and O–H groups in total. The molecule has 1 aliphatic heterocycles. The maximum Gasteiger partial charge on any atom is 0.213 e. The van der Waals surface area contributed by atoms with Crippen LogP contribution >= 0.6 is 11.3 Å². The van der Waals surface area contributed by atoms with Gasteiger partial charge in [-0.3, -0.25) is 4.99 Å². The SMILES string of the molecule is CCNC(=NCCc1ncc(C)s1)NC1CCN(S(=O)(=O)CC)CC1. The van der Waals surface area contributed by atoms with Gasteiger partial charge < -0.3 is 10.6 Å². The quantitative estimate of drug-likeness (QED) is 0.545. The minimum atomic E-state index is -3.07. The van der Waals surface area contributed by atoms with Crippen LogP contribution in [0.1, 0.15) is 36.6 Å². The van der Waals surface area contributed by atoms with Gasteiger partial charge >= 0.3 is 0 Å². The summed E-state index contributed by atoms with van der Waals surface area (Å²) in [7, 11) is -3.07. The number of sulfonamides is 1. The number of nitrogens with zero attached hydrogens (tertiary/aromatic N) is 3. The zero-order chi connectivity index (χ0) is 18.3. The predicted molar refractivity (Wildman–Crippen MR) is 104 cm³/mol. The third kappa shape index (κ3) is 6.23. The van der Waals surface area contributed by atoms with E-state index in [2.05, 4.69) is 27.5 Å². The van der Waals surface area contributed by atoms with Crippen molar-refractivity contribution in [2.45, 2.75) is 46.1 Å². The first-order chi connectivity index (χ1) is 11.9. The largest absolute Gasteiger partial charge is 0.357 e. The molecule has 0 spiro atoms. The molecule has 25 heavy (non-hydrogen) atoms. The Morgan fingerprint density at radius 1 is 1.40 bits per heavy atom. The summed E-state index contributed by atoms with van der Waals surface area (Å²) in [5, 5.41) is 7.81. The van der Waals surface area contributed by atoms with Gasteiger partial charge in [-0.25, -0.2) is 17.7 Å². The number of aliphatic imine (C=N–C) groups is 1. The van der Waals surface area contributed by atoms with Gasteiger partial charge in [-0.15, -0.1) is 11.3 Å². The highest BCUT2D eigenvalue weighted by molar-refractivity contribution is 7.89. The fourth-order valence-electron chi connectivity index (χ4n) is 2.75. The molecule has 2 heterocycles. The Bertz CT molecular complexity index is 664. The van der Waals surface area contributed by atoms with Crippen LogP contribution in [-0.4, -0.2) is 61.6 Å². The second-order valence-corrected chi connectivity index (χ2v) is 9.67. The van der Waals surface area contributed by atoms with Crippen LogP contribution in [0.25, 0.3) is 0 Å². The number of aromatic nitrogens is 1. The maximum absolute atomic E-state index is 11.9. The monoisotopic (exact) mass is 387 g/mol. The molecule has 0 unspecified atom stereocenters. The van der Waals surface area contributed by atoms with Crippen molar-refractivity contribution in [2.24, 2.45) is 4.99 Å². The number of guanidine groups is 1. The number of thiazole rings is 1. The molecule has 1 aliphatic rings.